The molecule has 0 bridgehead atoms. The lowest BCUT2D eigenvalue weighted by molar-refractivity contribution is -0.106. The van der Waals surface area contributed by atoms with Gasteiger partial charge in [-0.2, -0.15) is 5.26 Å². The summed E-state index contributed by atoms with van der Waals surface area (Å²) in [7, 11) is 5.71. The average Bonchev–Trinajstić information content (AvgIpc) is 3.32. The fourth-order valence-corrected chi connectivity index (χ4v) is 4.31. The molecule has 194 valence electrons. The second kappa shape index (κ2) is 14.9. The summed E-state index contributed by atoms with van der Waals surface area (Å²) in [4.78, 5) is 15.5. The SMILES string of the molecule is C=C(CN(CC=O)c1cc(C#N)ccc1C)N(C)C1Cc2ccc(OC)cc2C1.CCNCCNC. The maximum Gasteiger partial charge on any atom is 0.139 e. The molecule has 7 heteroatoms. The van der Waals surface area contributed by atoms with Crippen LogP contribution in [0, 0.1) is 18.3 Å². The van der Waals surface area contributed by atoms with Gasteiger partial charge >= 0.3 is 0 Å². The summed E-state index contributed by atoms with van der Waals surface area (Å²) >= 11 is 0. The number of carbonyl (C=O) groups excluding carboxylic acids is 1. The molecule has 36 heavy (non-hydrogen) atoms. The maximum atomic E-state index is 11.3. The molecule has 0 saturated heterocycles. The van der Waals surface area contributed by atoms with Crippen molar-refractivity contribution in [1.29, 1.82) is 5.26 Å². The third-order valence-corrected chi connectivity index (χ3v) is 6.52. The smallest absolute Gasteiger partial charge is 0.139 e. The largest absolute Gasteiger partial charge is 0.497 e. The lowest BCUT2D eigenvalue weighted by Crippen LogP contribution is -2.38. The second-order valence-corrected chi connectivity index (χ2v) is 8.99. The number of likely N-dealkylation sites (N-methyl/N-ethyl adjacent to an activating group) is 3. The van der Waals surface area contributed by atoms with Crippen LogP contribution in [-0.2, 0) is 17.6 Å². The molecular formula is C29H41N5O2. The highest BCUT2D eigenvalue weighted by Gasteiger charge is 2.26. The van der Waals surface area contributed by atoms with Crippen molar-refractivity contribution in [2.75, 3.05) is 58.8 Å². The average molecular weight is 492 g/mol. The van der Waals surface area contributed by atoms with E-state index in [1.165, 1.54) is 11.1 Å². The number of aryl methyl sites for hydroxylation is 1. The molecule has 0 radical (unpaired) electrons. The van der Waals surface area contributed by atoms with Crippen molar-refractivity contribution in [3.05, 3.63) is 70.9 Å². The summed E-state index contributed by atoms with van der Waals surface area (Å²) in [5.74, 6) is 0.885. The van der Waals surface area contributed by atoms with Crippen LogP contribution >= 0.6 is 0 Å². The molecule has 7 nitrogen and oxygen atoms in total. The zero-order valence-electron chi connectivity index (χ0n) is 22.4. The first kappa shape index (κ1) is 28.9. The van der Waals surface area contributed by atoms with Crippen LogP contribution in [0.25, 0.3) is 0 Å². The van der Waals surface area contributed by atoms with E-state index in [0.717, 1.165) is 61.5 Å². The van der Waals surface area contributed by atoms with Crippen molar-refractivity contribution >= 4 is 12.0 Å². The zero-order valence-corrected chi connectivity index (χ0v) is 22.4. The molecule has 0 aromatic heterocycles. The standard InChI is InChI=1S/C24H27N3O2.C5H14N2/c1-17-5-6-19(15-25)11-24(17)27(9-10-28)16-18(2)26(3)22-12-20-7-8-23(29-4)14-21(20)13-22;1-3-7-5-4-6-2/h5-8,10-11,14,22H,2,9,12-13,16H2,1,3-4H3;6-7H,3-5H2,1-2H3. The predicted molar refractivity (Wildman–Crippen MR) is 148 cm³/mol. The Balaban J connectivity index is 0.000000572. The van der Waals surface area contributed by atoms with Crippen LogP contribution in [0.2, 0.25) is 0 Å². The normalized spacial score (nSPS) is 13.6. The summed E-state index contributed by atoms with van der Waals surface area (Å²) in [6.07, 6.45) is 2.80. The first-order chi connectivity index (χ1) is 17.4. The van der Waals surface area contributed by atoms with Gasteiger partial charge in [-0.1, -0.05) is 25.6 Å². The monoisotopic (exact) mass is 491 g/mol. The number of methoxy groups -OCH3 is 1. The first-order valence-corrected chi connectivity index (χ1v) is 12.5. The molecular weight excluding hydrogens is 450 g/mol. The number of nitriles is 1. The van der Waals surface area contributed by atoms with E-state index in [-0.39, 0.29) is 6.54 Å². The number of hydrogen-bond acceptors (Lipinski definition) is 7. The highest BCUT2D eigenvalue weighted by atomic mass is 16.5. The van der Waals surface area contributed by atoms with E-state index >= 15 is 0 Å². The van der Waals surface area contributed by atoms with Gasteiger partial charge in [0.15, 0.2) is 0 Å². The summed E-state index contributed by atoms with van der Waals surface area (Å²) in [6.45, 7) is 12.4. The maximum absolute atomic E-state index is 11.3. The molecule has 0 amide bonds. The Morgan fingerprint density at radius 2 is 1.97 bits per heavy atom. The third kappa shape index (κ3) is 8.11. The van der Waals surface area contributed by atoms with Crippen LogP contribution < -0.4 is 20.3 Å². The molecule has 3 rings (SSSR count). The van der Waals surface area contributed by atoms with Gasteiger partial charge in [-0.05, 0) is 74.3 Å². The van der Waals surface area contributed by atoms with Crippen molar-refractivity contribution in [2.45, 2.75) is 32.7 Å². The first-order valence-electron chi connectivity index (χ1n) is 12.5. The number of nitrogens with one attached hydrogen (secondary N) is 2. The van der Waals surface area contributed by atoms with Crippen molar-refractivity contribution in [3.63, 3.8) is 0 Å². The zero-order chi connectivity index (χ0) is 26.5. The molecule has 2 N–H and O–H groups in total. The highest BCUT2D eigenvalue weighted by Crippen LogP contribution is 2.30. The Kier molecular flexibility index (Phi) is 12.0. The fourth-order valence-electron chi connectivity index (χ4n) is 4.31. The van der Waals surface area contributed by atoms with Gasteiger partial charge in [-0.15, -0.1) is 0 Å². The molecule has 0 spiro atoms. The quantitative estimate of drug-likeness (QED) is 0.348. The van der Waals surface area contributed by atoms with Crippen molar-refractivity contribution in [3.8, 4) is 11.8 Å². The van der Waals surface area contributed by atoms with E-state index in [2.05, 4.69) is 54.3 Å². The van der Waals surface area contributed by atoms with Gasteiger partial charge in [-0.3, -0.25) is 0 Å². The number of hydrogen-bond donors (Lipinski definition) is 2. The lowest BCUT2D eigenvalue weighted by Gasteiger charge is -2.33. The molecule has 0 fully saturated rings. The number of aldehydes is 1. The Morgan fingerprint density at radius 3 is 2.61 bits per heavy atom. The Morgan fingerprint density at radius 1 is 1.22 bits per heavy atom. The number of benzene rings is 2. The van der Waals surface area contributed by atoms with Gasteiger partial charge in [0.25, 0.3) is 0 Å². The van der Waals surface area contributed by atoms with Gasteiger partial charge in [0.2, 0.25) is 0 Å². The van der Waals surface area contributed by atoms with E-state index in [0.29, 0.717) is 18.2 Å². The Hall–Kier alpha value is -3.34. The molecule has 1 aliphatic carbocycles. The summed E-state index contributed by atoms with van der Waals surface area (Å²) < 4.78 is 5.35. The Bertz CT molecular complexity index is 1040. The van der Waals surface area contributed by atoms with Crippen molar-refractivity contribution in [2.24, 2.45) is 0 Å². The molecule has 1 unspecified atom stereocenters. The van der Waals surface area contributed by atoms with E-state index in [9.17, 15) is 10.1 Å². The number of fused-ring (bicyclic) bond motifs is 1. The topological polar surface area (TPSA) is 80.6 Å². The third-order valence-electron chi connectivity index (χ3n) is 6.52. The van der Waals surface area contributed by atoms with Crippen LogP contribution in [0.4, 0.5) is 5.69 Å². The molecule has 0 aliphatic heterocycles. The molecule has 0 saturated carbocycles. The molecule has 1 atom stereocenters. The van der Waals surface area contributed by atoms with E-state index in [1.54, 1.807) is 13.2 Å². The number of rotatable bonds is 12. The van der Waals surface area contributed by atoms with E-state index < -0.39 is 0 Å². The number of nitrogens with zero attached hydrogens (tertiary/aromatic N) is 3. The van der Waals surface area contributed by atoms with Crippen LogP contribution in [0.3, 0.4) is 0 Å². The Labute approximate surface area is 216 Å². The fraction of sp³-hybridized carbons (Fsp3) is 0.448. The van der Waals surface area contributed by atoms with Crippen molar-refractivity contribution < 1.29 is 9.53 Å². The van der Waals surface area contributed by atoms with Gasteiger partial charge in [0.05, 0.1) is 31.8 Å². The van der Waals surface area contributed by atoms with Crippen molar-refractivity contribution in [1.82, 2.24) is 15.5 Å². The van der Waals surface area contributed by atoms with Gasteiger partial charge in [-0.25, -0.2) is 0 Å². The highest BCUT2D eigenvalue weighted by molar-refractivity contribution is 5.65. The minimum absolute atomic E-state index is 0.255. The van der Waals surface area contributed by atoms with E-state index in [4.69, 9.17) is 4.74 Å². The molecule has 2 aromatic carbocycles. The molecule has 2 aromatic rings. The second-order valence-electron chi connectivity index (χ2n) is 8.99. The van der Waals surface area contributed by atoms with E-state index in [1.807, 2.05) is 37.1 Å². The minimum Gasteiger partial charge on any atom is -0.497 e. The summed E-state index contributed by atoms with van der Waals surface area (Å²) in [5, 5.41) is 15.5. The summed E-state index contributed by atoms with van der Waals surface area (Å²) in [5.41, 5.74) is 6.11. The summed E-state index contributed by atoms with van der Waals surface area (Å²) in [6, 6.07) is 14.3. The van der Waals surface area contributed by atoms with Crippen LogP contribution in [0.15, 0.2) is 48.7 Å². The number of anilines is 1. The molecule has 0 heterocycles. The number of carbonyl (C=O) groups is 1. The number of ether oxygens (including phenoxy) is 1. The minimum atomic E-state index is 0.255. The van der Waals surface area contributed by atoms with Gasteiger partial charge in [0.1, 0.15) is 12.0 Å². The molecule has 1 aliphatic rings. The van der Waals surface area contributed by atoms with Crippen LogP contribution in [-0.4, -0.2) is 71.2 Å². The van der Waals surface area contributed by atoms with Gasteiger partial charge < -0.3 is 30.0 Å². The predicted octanol–water partition coefficient (Wildman–Crippen LogP) is 3.31. The van der Waals surface area contributed by atoms with Crippen LogP contribution in [0.5, 0.6) is 5.75 Å². The van der Waals surface area contributed by atoms with Gasteiger partial charge in [0, 0.05) is 37.6 Å². The van der Waals surface area contributed by atoms with Crippen LogP contribution in [0.1, 0.15) is 29.2 Å². The lowest BCUT2D eigenvalue weighted by atomic mass is 10.1.